The average molecular weight is 192 g/mol. The normalized spacial score (nSPS) is 10.6. The summed E-state index contributed by atoms with van der Waals surface area (Å²) in [7, 11) is 0. The van der Waals surface area contributed by atoms with Crippen molar-refractivity contribution in [1.82, 2.24) is 9.97 Å². The smallest absolute Gasteiger partial charge is 0.338 e. The number of nitrogens with one attached hydrogen (secondary N) is 2. The molecule has 5 heteroatoms. The largest absolute Gasteiger partial charge is 0.478 e. The summed E-state index contributed by atoms with van der Waals surface area (Å²) in [6, 6.07) is 3.34. The summed E-state index contributed by atoms with van der Waals surface area (Å²) < 4.78 is 0. The van der Waals surface area contributed by atoms with E-state index in [9.17, 15) is 9.59 Å². The zero-order valence-corrected chi connectivity index (χ0v) is 7.42. The Hall–Kier alpha value is -2.04. The third-order valence-corrected chi connectivity index (χ3v) is 2.11. The van der Waals surface area contributed by atoms with Crippen molar-refractivity contribution >= 4 is 17.0 Å². The fourth-order valence-corrected chi connectivity index (χ4v) is 1.48. The van der Waals surface area contributed by atoms with Crippen molar-refractivity contribution in [1.29, 1.82) is 0 Å². The Kier molecular flexibility index (Phi) is 1.67. The first-order valence-electron chi connectivity index (χ1n) is 4.04. The van der Waals surface area contributed by atoms with E-state index in [1.54, 1.807) is 19.1 Å². The molecule has 0 saturated heterocycles. The van der Waals surface area contributed by atoms with Gasteiger partial charge in [0.05, 0.1) is 16.6 Å². The summed E-state index contributed by atoms with van der Waals surface area (Å²) in [5.41, 5.74) is 1.23. The van der Waals surface area contributed by atoms with E-state index >= 15 is 0 Å². The second-order valence-electron chi connectivity index (χ2n) is 3.06. The summed E-state index contributed by atoms with van der Waals surface area (Å²) in [4.78, 5) is 26.8. The number of carbonyl (C=O) groups is 1. The lowest BCUT2D eigenvalue weighted by molar-refractivity contribution is 0.0698. The maximum Gasteiger partial charge on any atom is 0.338 e. The second kappa shape index (κ2) is 2.73. The van der Waals surface area contributed by atoms with Crippen molar-refractivity contribution in [2.45, 2.75) is 6.92 Å². The molecule has 0 saturated carbocycles. The third-order valence-electron chi connectivity index (χ3n) is 2.11. The molecule has 0 aliphatic heterocycles. The second-order valence-corrected chi connectivity index (χ2v) is 3.06. The van der Waals surface area contributed by atoms with E-state index in [0.717, 1.165) is 0 Å². The number of H-pyrrole nitrogens is 2. The molecule has 0 amide bonds. The van der Waals surface area contributed by atoms with Gasteiger partial charge >= 0.3 is 11.7 Å². The zero-order valence-electron chi connectivity index (χ0n) is 7.42. The van der Waals surface area contributed by atoms with Crippen LogP contribution in [-0.4, -0.2) is 21.0 Å². The van der Waals surface area contributed by atoms with Gasteiger partial charge in [-0.1, -0.05) is 6.07 Å². The van der Waals surface area contributed by atoms with E-state index in [0.29, 0.717) is 16.6 Å². The van der Waals surface area contributed by atoms with Gasteiger partial charge in [-0.3, -0.25) is 0 Å². The van der Waals surface area contributed by atoms with Gasteiger partial charge < -0.3 is 15.1 Å². The highest BCUT2D eigenvalue weighted by Crippen LogP contribution is 2.17. The van der Waals surface area contributed by atoms with Crippen molar-refractivity contribution in [2.75, 3.05) is 0 Å². The van der Waals surface area contributed by atoms with Crippen LogP contribution in [0.1, 0.15) is 15.9 Å². The first kappa shape index (κ1) is 8.55. The minimum Gasteiger partial charge on any atom is -0.478 e. The predicted molar refractivity (Wildman–Crippen MR) is 50.6 cm³/mol. The maximum absolute atomic E-state index is 11.0. The van der Waals surface area contributed by atoms with Crippen LogP contribution in [0.5, 0.6) is 0 Å². The topological polar surface area (TPSA) is 86.0 Å². The predicted octanol–water partition coefficient (Wildman–Crippen LogP) is 0.863. The number of hydrogen-bond donors (Lipinski definition) is 3. The fraction of sp³-hybridized carbons (Fsp3) is 0.111. The average Bonchev–Trinajstić information content (AvgIpc) is 2.43. The molecule has 0 aliphatic rings. The van der Waals surface area contributed by atoms with Crippen molar-refractivity contribution in [3.8, 4) is 0 Å². The van der Waals surface area contributed by atoms with E-state index in [-0.39, 0.29) is 5.56 Å². The number of aromatic carboxylic acids is 1. The van der Waals surface area contributed by atoms with Gasteiger partial charge in [-0.15, -0.1) is 0 Å². The molecule has 1 aromatic heterocycles. The monoisotopic (exact) mass is 192 g/mol. The summed E-state index contributed by atoms with van der Waals surface area (Å²) in [6.45, 7) is 1.69. The number of imidazole rings is 1. The summed E-state index contributed by atoms with van der Waals surface area (Å²) in [5.74, 6) is -1.04. The quantitative estimate of drug-likeness (QED) is 0.626. The van der Waals surface area contributed by atoms with Crippen LogP contribution in [-0.2, 0) is 0 Å². The Morgan fingerprint density at radius 3 is 2.71 bits per heavy atom. The Morgan fingerprint density at radius 2 is 2.07 bits per heavy atom. The third kappa shape index (κ3) is 1.10. The lowest BCUT2D eigenvalue weighted by Crippen LogP contribution is -2.02. The number of aromatic nitrogens is 2. The van der Waals surface area contributed by atoms with Gasteiger partial charge in [0.1, 0.15) is 0 Å². The van der Waals surface area contributed by atoms with Gasteiger partial charge in [-0.05, 0) is 18.6 Å². The Labute approximate surface area is 78.4 Å². The summed E-state index contributed by atoms with van der Waals surface area (Å²) >= 11 is 0. The van der Waals surface area contributed by atoms with Gasteiger partial charge in [-0.2, -0.15) is 0 Å². The van der Waals surface area contributed by atoms with Gasteiger partial charge in [-0.25, -0.2) is 9.59 Å². The molecule has 0 bridgehead atoms. The Balaban J connectivity index is 2.95. The maximum atomic E-state index is 11.0. The highest BCUT2D eigenvalue weighted by Gasteiger charge is 2.13. The van der Waals surface area contributed by atoms with E-state index in [1.165, 1.54) is 0 Å². The molecule has 0 fully saturated rings. The number of benzene rings is 1. The van der Waals surface area contributed by atoms with E-state index in [1.807, 2.05) is 0 Å². The van der Waals surface area contributed by atoms with Crippen molar-refractivity contribution in [3.05, 3.63) is 33.7 Å². The van der Waals surface area contributed by atoms with Crippen LogP contribution in [0.25, 0.3) is 11.0 Å². The van der Waals surface area contributed by atoms with Crippen LogP contribution in [0.15, 0.2) is 16.9 Å². The molecule has 5 nitrogen and oxygen atoms in total. The summed E-state index contributed by atoms with van der Waals surface area (Å²) in [5, 5.41) is 8.94. The number of carboxylic acid groups (broad SMARTS) is 1. The number of hydrogen-bond acceptors (Lipinski definition) is 2. The Morgan fingerprint density at radius 1 is 1.36 bits per heavy atom. The molecule has 72 valence electrons. The first-order chi connectivity index (χ1) is 6.59. The fourth-order valence-electron chi connectivity index (χ4n) is 1.48. The number of aromatic amines is 2. The van der Waals surface area contributed by atoms with E-state index in [4.69, 9.17) is 5.11 Å². The molecular formula is C9H8N2O3. The molecule has 0 atom stereocenters. The zero-order chi connectivity index (χ0) is 10.3. The van der Waals surface area contributed by atoms with Crippen LogP contribution < -0.4 is 5.69 Å². The number of aryl methyl sites for hydroxylation is 1. The van der Waals surface area contributed by atoms with Crippen LogP contribution in [0, 0.1) is 6.92 Å². The molecule has 2 aromatic rings. The van der Waals surface area contributed by atoms with Crippen molar-refractivity contribution < 1.29 is 9.90 Å². The molecule has 1 heterocycles. The standard InChI is InChI=1S/C9H8N2O3/c1-4-2-3-5-7(6(4)8(12)13)11-9(14)10-5/h2-3H,1H3,(H,12,13)(H2,10,11,14). The molecule has 0 aliphatic carbocycles. The van der Waals surface area contributed by atoms with Crippen molar-refractivity contribution in [2.24, 2.45) is 0 Å². The molecule has 14 heavy (non-hydrogen) atoms. The number of fused-ring (bicyclic) bond motifs is 1. The lowest BCUT2D eigenvalue weighted by atomic mass is 10.1. The molecular weight excluding hydrogens is 184 g/mol. The molecule has 0 radical (unpaired) electrons. The molecule has 0 unspecified atom stereocenters. The molecule has 1 aromatic carbocycles. The SMILES string of the molecule is Cc1ccc2[nH]c(=O)[nH]c2c1C(=O)O. The van der Waals surface area contributed by atoms with Gasteiger partial charge in [0.2, 0.25) is 0 Å². The Bertz CT molecular complexity index is 565. The lowest BCUT2D eigenvalue weighted by Gasteiger charge is -2.00. The minimum absolute atomic E-state index is 0.140. The van der Waals surface area contributed by atoms with Gasteiger partial charge in [0.25, 0.3) is 0 Å². The van der Waals surface area contributed by atoms with Crippen LogP contribution >= 0.6 is 0 Å². The van der Waals surface area contributed by atoms with Crippen LogP contribution in [0.2, 0.25) is 0 Å². The van der Waals surface area contributed by atoms with E-state index < -0.39 is 11.7 Å². The van der Waals surface area contributed by atoms with Gasteiger partial charge in [0, 0.05) is 0 Å². The summed E-state index contributed by atoms with van der Waals surface area (Å²) in [6.07, 6.45) is 0. The first-order valence-corrected chi connectivity index (χ1v) is 4.04. The minimum atomic E-state index is -1.04. The highest BCUT2D eigenvalue weighted by atomic mass is 16.4. The number of rotatable bonds is 1. The number of carboxylic acids is 1. The highest BCUT2D eigenvalue weighted by molar-refractivity contribution is 6.02. The van der Waals surface area contributed by atoms with E-state index in [2.05, 4.69) is 9.97 Å². The molecule has 2 rings (SSSR count). The van der Waals surface area contributed by atoms with Crippen LogP contribution in [0.3, 0.4) is 0 Å². The van der Waals surface area contributed by atoms with Crippen LogP contribution in [0.4, 0.5) is 0 Å². The van der Waals surface area contributed by atoms with Gasteiger partial charge in [0.15, 0.2) is 0 Å². The molecule has 3 N–H and O–H groups in total. The van der Waals surface area contributed by atoms with Crippen molar-refractivity contribution in [3.63, 3.8) is 0 Å². The molecule has 0 spiro atoms.